The molecule has 7 heteroatoms. The first-order valence-corrected chi connectivity index (χ1v) is 6.62. The fourth-order valence-corrected chi connectivity index (χ4v) is 2.74. The molecule has 1 aromatic rings. The van der Waals surface area contributed by atoms with Gasteiger partial charge in [0.2, 0.25) is 0 Å². The van der Waals surface area contributed by atoms with Crippen molar-refractivity contribution in [2.24, 2.45) is 0 Å². The Kier molecular flexibility index (Phi) is 3.87. The van der Waals surface area contributed by atoms with Crippen LogP contribution in [0.5, 0.6) is 0 Å². The molecule has 2 rings (SSSR count). The summed E-state index contributed by atoms with van der Waals surface area (Å²) < 4.78 is 0. The van der Waals surface area contributed by atoms with E-state index in [0.29, 0.717) is 12.1 Å². The molecule has 0 amide bonds. The summed E-state index contributed by atoms with van der Waals surface area (Å²) in [6, 6.07) is 2.89. The lowest BCUT2D eigenvalue weighted by Crippen LogP contribution is -2.38. The van der Waals surface area contributed by atoms with Crippen molar-refractivity contribution in [2.45, 2.75) is 39.2 Å². The summed E-state index contributed by atoms with van der Waals surface area (Å²) in [7, 11) is 0. The molecule has 0 saturated carbocycles. The maximum atomic E-state index is 11.3. The summed E-state index contributed by atoms with van der Waals surface area (Å²) in [4.78, 5) is 23.3. The molecule has 1 aliphatic heterocycles. The maximum Gasteiger partial charge on any atom is 0.299 e. The number of nitrogens with zero attached hydrogens (tertiary/aromatic N) is 3. The van der Waals surface area contributed by atoms with Crippen LogP contribution in [0.1, 0.15) is 31.7 Å². The van der Waals surface area contributed by atoms with Gasteiger partial charge in [-0.2, -0.15) is 0 Å². The van der Waals surface area contributed by atoms with Gasteiger partial charge in [-0.1, -0.05) is 0 Å². The van der Waals surface area contributed by atoms with Crippen molar-refractivity contribution < 1.29 is 9.85 Å². The number of hydrogen-bond donors (Lipinski definition) is 0. The first-order valence-electron chi connectivity index (χ1n) is 6.62. The van der Waals surface area contributed by atoms with Crippen LogP contribution in [0.4, 0.5) is 17.1 Å². The van der Waals surface area contributed by atoms with E-state index in [9.17, 15) is 20.2 Å². The highest BCUT2D eigenvalue weighted by Gasteiger charge is 2.33. The van der Waals surface area contributed by atoms with Gasteiger partial charge in [-0.3, -0.25) is 20.2 Å². The highest BCUT2D eigenvalue weighted by Crippen LogP contribution is 2.41. The molecular weight excluding hydrogens is 262 g/mol. The summed E-state index contributed by atoms with van der Waals surface area (Å²) in [5.41, 5.74) is 0.325. The first-order chi connectivity index (χ1) is 9.41. The summed E-state index contributed by atoms with van der Waals surface area (Å²) >= 11 is 0. The molecule has 1 aromatic carbocycles. The number of piperidine rings is 1. The fourth-order valence-electron chi connectivity index (χ4n) is 2.74. The molecule has 0 aromatic heterocycles. The van der Waals surface area contributed by atoms with Gasteiger partial charge in [0.25, 0.3) is 11.4 Å². The molecule has 1 saturated heterocycles. The van der Waals surface area contributed by atoms with Crippen LogP contribution < -0.4 is 4.90 Å². The van der Waals surface area contributed by atoms with Crippen LogP contribution in [-0.2, 0) is 0 Å². The minimum Gasteiger partial charge on any atom is -0.358 e. The molecule has 0 bridgehead atoms. The first kappa shape index (κ1) is 14.2. The van der Waals surface area contributed by atoms with Crippen molar-refractivity contribution in [1.82, 2.24) is 0 Å². The molecule has 1 aliphatic rings. The zero-order valence-electron chi connectivity index (χ0n) is 11.5. The molecule has 0 N–H and O–H groups in total. The average molecular weight is 279 g/mol. The molecule has 20 heavy (non-hydrogen) atoms. The van der Waals surface area contributed by atoms with Gasteiger partial charge in [-0.15, -0.1) is 0 Å². The van der Waals surface area contributed by atoms with Gasteiger partial charge in [0.1, 0.15) is 0 Å². The van der Waals surface area contributed by atoms with Gasteiger partial charge in [-0.05, 0) is 38.7 Å². The van der Waals surface area contributed by atoms with E-state index in [1.165, 1.54) is 12.1 Å². The fraction of sp³-hybridized carbons (Fsp3) is 0.538. The standard InChI is InChI=1S/C13H17N3O4/c1-9-7-11(15(17)18)13(12(8-9)16(19)20)14-6-4-3-5-10(14)2/h7-8,10H,3-6H2,1-2H3/t10-/m1/s1. The highest BCUT2D eigenvalue weighted by atomic mass is 16.6. The summed E-state index contributed by atoms with van der Waals surface area (Å²) in [6.07, 6.45) is 2.83. The van der Waals surface area contributed by atoms with Crippen molar-refractivity contribution >= 4 is 17.1 Å². The van der Waals surface area contributed by atoms with Gasteiger partial charge < -0.3 is 4.90 Å². The Morgan fingerprint density at radius 2 is 1.70 bits per heavy atom. The predicted molar refractivity (Wildman–Crippen MR) is 75.1 cm³/mol. The van der Waals surface area contributed by atoms with E-state index in [2.05, 4.69) is 0 Å². The zero-order chi connectivity index (χ0) is 14.9. The number of aryl methyl sites for hydroxylation is 1. The molecule has 0 radical (unpaired) electrons. The van der Waals surface area contributed by atoms with Crippen LogP contribution in [0.2, 0.25) is 0 Å². The number of nitro groups is 2. The van der Waals surface area contributed by atoms with Crippen LogP contribution >= 0.6 is 0 Å². The molecule has 1 fully saturated rings. The molecule has 108 valence electrons. The Morgan fingerprint density at radius 3 is 2.15 bits per heavy atom. The summed E-state index contributed by atoms with van der Waals surface area (Å²) in [5, 5.41) is 22.5. The van der Waals surface area contributed by atoms with Crippen LogP contribution in [0.3, 0.4) is 0 Å². The number of anilines is 1. The Morgan fingerprint density at radius 1 is 1.15 bits per heavy atom. The molecule has 0 aliphatic carbocycles. The number of nitro benzene ring substituents is 2. The van der Waals surface area contributed by atoms with Crippen molar-refractivity contribution in [3.05, 3.63) is 37.9 Å². The lowest BCUT2D eigenvalue weighted by atomic mass is 10.0. The average Bonchev–Trinajstić information content (AvgIpc) is 2.38. The van der Waals surface area contributed by atoms with Crippen LogP contribution in [0.15, 0.2) is 12.1 Å². The SMILES string of the molecule is Cc1cc([N+](=O)[O-])c(N2CCCC[C@H]2C)c([N+](=O)[O-])c1. The van der Waals surface area contributed by atoms with E-state index in [1.54, 1.807) is 11.8 Å². The van der Waals surface area contributed by atoms with Gasteiger partial charge in [0.05, 0.1) is 9.85 Å². The van der Waals surface area contributed by atoms with Gasteiger partial charge in [0.15, 0.2) is 5.69 Å². The van der Waals surface area contributed by atoms with Crippen LogP contribution in [-0.4, -0.2) is 22.4 Å². The Labute approximate surface area is 116 Å². The number of benzene rings is 1. The second-order valence-corrected chi connectivity index (χ2v) is 5.20. The van der Waals surface area contributed by atoms with Crippen molar-refractivity contribution in [1.29, 1.82) is 0 Å². The lowest BCUT2D eigenvalue weighted by molar-refractivity contribution is -0.392. The van der Waals surface area contributed by atoms with E-state index < -0.39 is 9.85 Å². The monoisotopic (exact) mass is 279 g/mol. The topological polar surface area (TPSA) is 89.5 Å². The maximum absolute atomic E-state index is 11.3. The Hall–Kier alpha value is -2.18. The van der Waals surface area contributed by atoms with Crippen molar-refractivity contribution in [2.75, 3.05) is 11.4 Å². The van der Waals surface area contributed by atoms with Gasteiger partial charge in [0, 0.05) is 24.7 Å². The third-order valence-electron chi connectivity index (χ3n) is 3.70. The molecule has 0 spiro atoms. The van der Waals surface area contributed by atoms with E-state index in [0.717, 1.165) is 19.3 Å². The van der Waals surface area contributed by atoms with E-state index in [4.69, 9.17) is 0 Å². The molecular formula is C13H17N3O4. The minimum atomic E-state index is -0.531. The second kappa shape index (κ2) is 5.44. The van der Waals surface area contributed by atoms with E-state index in [-0.39, 0.29) is 23.1 Å². The highest BCUT2D eigenvalue weighted by molar-refractivity contribution is 5.76. The van der Waals surface area contributed by atoms with Crippen LogP contribution in [0, 0.1) is 27.2 Å². The van der Waals surface area contributed by atoms with E-state index >= 15 is 0 Å². The third kappa shape index (κ3) is 2.56. The third-order valence-corrected chi connectivity index (χ3v) is 3.70. The summed E-state index contributed by atoms with van der Waals surface area (Å²) in [6.45, 7) is 4.20. The zero-order valence-corrected chi connectivity index (χ0v) is 11.5. The van der Waals surface area contributed by atoms with Gasteiger partial charge >= 0.3 is 0 Å². The predicted octanol–water partition coefficient (Wildman–Crippen LogP) is 3.19. The van der Waals surface area contributed by atoms with Crippen LogP contribution in [0.25, 0.3) is 0 Å². The quantitative estimate of drug-likeness (QED) is 0.626. The number of hydrogen-bond acceptors (Lipinski definition) is 5. The van der Waals surface area contributed by atoms with E-state index in [1.807, 2.05) is 6.92 Å². The minimum absolute atomic E-state index is 0.0730. The lowest BCUT2D eigenvalue weighted by Gasteiger charge is -2.34. The molecule has 1 heterocycles. The smallest absolute Gasteiger partial charge is 0.299 e. The Balaban J connectivity index is 2.63. The second-order valence-electron chi connectivity index (χ2n) is 5.20. The Bertz CT molecular complexity index is 524. The number of rotatable bonds is 3. The normalized spacial score (nSPS) is 18.9. The van der Waals surface area contributed by atoms with Crippen molar-refractivity contribution in [3.63, 3.8) is 0 Å². The van der Waals surface area contributed by atoms with Gasteiger partial charge in [-0.25, -0.2) is 0 Å². The summed E-state index contributed by atoms with van der Waals surface area (Å²) in [5.74, 6) is 0. The largest absolute Gasteiger partial charge is 0.358 e. The molecule has 0 unspecified atom stereocenters. The van der Waals surface area contributed by atoms with Crippen molar-refractivity contribution in [3.8, 4) is 0 Å². The molecule has 7 nitrogen and oxygen atoms in total. The molecule has 1 atom stereocenters.